The SMILES string of the molecule is COc1cccc(N2CC[NH+](CC(=O)N[C@@H](C)c3cccc(Cl)c3)CC2)c1. The Morgan fingerprint density at radius 2 is 1.96 bits per heavy atom. The Balaban J connectivity index is 1.47. The number of amides is 1. The van der Waals surface area contributed by atoms with E-state index in [9.17, 15) is 4.79 Å². The molecule has 144 valence electrons. The van der Waals surface area contributed by atoms with Crippen molar-refractivity contribution in [2.24, 2.45) is 0 Å². The number of quaternary nitrogens is 1. The van der Waals surface area contributed by atoms with Crippen molar-refractivity contribution in [2.75, 3.05) is 44.7 Å². The van der Waals surface area contributed by atoms with E-state index >= 15 is 0 Å². The van der Waals surface area contributed by atoms with Gasteiger partial charge in [0.25, 0.3) is 5.91 Å². The second kappa shape index (κ2) is 9.11. The molecule has 0 saturated carbocycles. The van der Waals surface area contributed by atoms with Gasteiger partial charge in [0.1, 0.15) is 5.75 Å². The van der Waals surface area contributed by atoms with Crippen molar-refractivity contribution in [3.05, 3.63) is 59.1 Å². The van der Waals surface area contributed by atoms with E-state index in [4.69, 9.17) is 16.3 Å². The summed E-state index contributed by atoms with van der Waals surface area (Å²) in [6, 6.07) is 15.7. The highest BCUT2D eigenvalue weighted by atomic mass is 35.5. The highest BCUT2D eigenvalue weighted by Crippen LogP contribution is 2.20. The zero-order valence-electron chi connectivity index (χ0n) is 15.9. The van der Waals surface area contributed by atoms with Crippen LogP contribution in [0.5, 0.6) is 5.75 Å². The third-order valence-corrected chi connectivity index (χ3v) is 5.26. The number of hydrogen-bond donors (Lipinski definition) is 2. The maximum Gasteiger partial charge on any atom is 0.275 e. The van der Waals surface area contributed by atoms with Crippen LogP contribution in [-0.2, 0) is 4.79 Å². The van der Waals surface area contributed by atoms with Gasteiger partial charge in [-0.1, -0.05) is 29.8 Å². The van der Waals surface area contributed by atoms with Gasteiger partial charge in [0.15, 0.2) is 6.54 Å². The Morgan fingerprint density at radius 3 is 2.67 bits per heavy atom. The van der Waals surface area contributed by atoms with E-state index in [0.29, 0.717) is 11.6 Å². The van der Waals surface area contributed by atoms with Crippen molar-refractivity contribution in [3.63, 3.8) is 0 Å². The molecule has 5 nitrogen and oxygen atoms in total. The summed E-state index contributed by atoms with van der Waals surface area (Å²) in [7, 11) is 1.68. The molecule has 0 aromatic heterocycles. The molecular formula is C21H27ClN3O2+. The van der Waals surface area contributed by atoms with Crippen LogP contribution in [0.2, 0.25) is 5.02 Å². The molecule has 1 saturated heterocycles. The number of halogens is 1. The lowest BCUT2D eigenvalue weighted by Gasteiger charge is -2.33. The largest absolute Gasteiger partial charge is 0.497 e. The summed E-state index contributed by atoms with van der Waals surface area (Å²) in [6.45, 7) is 6.22. The number of hydrogen-bond acceptors (Lipinski definition) is 3. The van der Waals surface area contributed by atoms with E-state index in [0.717, 1.165) is 37.5 Å². The molecule has 2 aromatic rings. The van der Waals surface area contributed by atoms with Gasteiger partial charge in [-0.3, -0.25) is 4.79 Å². The van der Waals surface area contributed by atoms with E-state index in [2.05, 4.69) is 22.3 Å². The zero-order chi connectivity index (χ0) is 19.2. The summed E-state index contributed by atoms with van der Waals surface area (Å²) in [6.07, 6.45) is 0. The molecule has 1 aliphatic rings. The molecular weight excluding hydrogens is 362 g/mol. The van der Waals surface area contributed by atoms with Crippen LogP contribution in [0.25, 0.3) is 0 Å². The molecule has 1 aliphatic heterocycles. The fraction of sp³-hybridized carbons (Fsp3) is 0.381. The first-order valence-corrected chi connectivity index (χ1v) is 9.70. The molecule has 1 amide bonds. The first-order chi connectivity index (χ1) is 13.0. The predicted molar refractivity (Wildman–Crippen MR) is 109 cm³/mol. The molecule has 3 rings (SSSR count). The molecule has 1 atom stereocenters. The zero-order valence-corrected chi connectivity index (χ0v) is 16.6. The van der Waals surface area contributed by atoms with Crippen molar-refractivity contribution in [1.82, 2.24) is 5.32 Å². The molecule has 0 spiro atoms. The van der Waals surface area contributed by atoms with Crippen LogP contribution in [0, 0.1) is 0 Å². The second-order valence-electron chi connectivity index (χ2n) is 6.96. The van der Waals surface area contributed by atoms with E-state index in [1.54, 1.807) is 7.11 Å². The first-order valence-electron chi connectivity index (χ1n) is 9.32. The van der Waals surface area contributed by atoms with Crippen molar-refractivity contribution >= 4 is 23.2 Å². The average Bonchev–Trinajstić information content (AvgIpc) is 2.68. The smallest absolute Gasteiger partial charge is 0.275 e. The van der Waals surface area contributed by atoms with Crippen LogP contribution >= 0.6 is 11.6 Å². The molecule has 0 aliphatic carbocycles. The lowest BCUT2D eigenvalue weighted by molar-refractivity contribution is -0.892. The minimum absolute atomic E-state index is 0.0475. The van der Waals surface area contributed by atoms with Gasteiger partial charge < -0.3 is 19.9 Å². The minimum Gasteiger partial charge on any atom is -0.497 e. The van der Waals surface area contributed by atoms with Gasteiger partial charge in [-0.25, -0.2) is 0 Å². The topological polar surface area (TPSA) is 46.0 Å². The van der Waals surface area contributed by atoms with Crippen molar-refractivity contribution in [1.29, 1.82) is 0 Å². The number of piperazine rings is 1. The van der Waals surface area contributed by atoms with Gasteiger partial charge in [-0.2, -0.15) is 0 Å². The third kappa shape index (κ3) is 5.37. The summed E-state index contributed by atoms with van der Waals surface area (Å²) in [4.78, 5) is 16.1. The van der Waals surface area contributed by atoms with Crippen molar-refractivity contribution in [3.8, 4) is 5.75 Å². The lowest BCUT2D eigenvalue weighted by atomic mass is 10.1. The monoisotopic (exact) mass is 388 g/mol. The summed E-state index contributed by atoms with van der Waals surface area (Å²) < 4.78 is 5.31. The van der Waals surface area contributed by atoms with E-state index in [1.165, 1.54) is 10.6 Å². The second-order valence-corrected chi connectivity index (χ2v) is 7.40. The molecule has 0 radical (unpaired) electrons. The van der Waals surface area contributed by atoms with Crippen LogP contribution in [0.15, 0.2) is 48.5 Å². The maximum absolute atomic E-state index is 12.4. The molecule has 6 heteroatoms. The Hall–Kier alpha value is -2.24. The number of rotatable bonds is 6. The number of anilines is 1. The number of methoxy groups -OCH3 is 1. The highest BCUT2D eigenvalue weighted by molar-refractivity contribution is 6.30. The standard InChI is InChI=1S/C21H26ClN3O2/c1-16(17-5-3-6-18(22)13-17)23-21(26)15-24-9-11-25(12-10-24)19-7-4-8-20(14-19)27-2/h3-8,13-14,16H,9-12,15H2,1-2H3,(H,23,26)/p+1/t16-/m0/s1. The van der Waals surface area contributed by atoms with Crippen molar-refractivity contribution in [2.45, 2.75) is 13.0 Å². The first kappa shape index (κ1) is 19.5. The molecule has 2 N–H and O–H groups in total. The highest BCUT2D eigenvalue weighted by Gasteiger charge is 2.23. The van der Waals surface area contributed by atoms with Gasteiger partial charge in [0.2, 0.25) is 0 Å². The maximum atomic E-state index is 12.4. The predicted octanol–water partition coefficient (Wildman–Crippen LogP) is 1.93. The average molecular weight is 389 g/mol. The summed E-state index contributed by atoms with van der Waals surface area (Å²) in [5, 5.41) is 3.77. The fourth-order valence-corrected chi connectivity index (χ4v) is 3.64. The molecule has 1 fully saturated rings. The van der Waals surface area contributed by atoms with Gasteiger partial charge >= 0.3 is 0 Å². The summed E-state index contributed by atoms with van der Waals surface area (Å²) >= 11 is 6.03. The Morgan fingerprint density at radius 1 is 1.22 bits per heavy atom. The number of nitrogens with one attached hydrogen (secondary N) is 2. The van der Waals surface area contributed by atoms with Crippen LogP contribution in [0.4, 0.5) is 5.69 Å². The van der Waals surface area contributed by atoms with Gasteiger partial charge in [0, 0.05) is 16.8 Å². The quantitative estimate of drug-likeness (QED) is 0.795. The minimum atomic E-state index is -0.0475. The van der Waals surface area contributed by atoms with Crippen LogP contribution in [-0.4, -0.2) is 45.7 Å². The number of benzene rings is 2. The van der Waals surface area contributed by atoms with Gasteiger partial charge in [-0.15, -0.1) is 0 Å². The van der Waals surface area contributed by atoms with Crippen LogP contribution < -0.4 is 19.9 Å². The number of ether oxygens (including phenoxy) is 1. The lowest BCUT2D eigenvalue weighted by Crippen LogP contribution is -3.15. The van der Waals surface area contributed by atoms with Crippen LogP contribution in [0.3, 0.4) is 0 Å². The fourth-order valence-electron chi connectivity index (χ4n) is 3.44. The molecule has 1 heterocycles. The molecule has 2 aromatic carbocycles. The number of carbonyl (C=O) groups excluding carboxylic acids is 1. The Bertz CT molecular complexity index is 776. The molecule has 0 unspecified atom stereocenters. The summed E-state index contributed by atoms with van der Waals surface area (Å²) in [5.74, 6) is 0.948. The van der Waals surface area contributed by atoms with E-state index in [-0.39, 0.29) is 11.9 Å². The third-order valence-electron chi connectivity index (χ3n) is 5.03. The van der Waals surface area contributed by atoms with E-state index < -0.39 is 0 Å². The van der Waals surface area contributed by atoms with Gasteiger partial charge in [0.05, 0.1) is 39.3 Å². The van der Waals surface area contributed by atoms with Crippen LogP contribution in [0.1, 0.15) is 18.5 Å². The number of carbonyl (C=O) groups is 1. The Kier molecular flexibility index (Phi) is 6.58. The molecule has 27 heavy (non-hydrogen) atoms. The summed E-state index contributed by atoms with van der Waals surface area (Å²) in [5.41, 5.74) is 2.20. The Labute approximate surface area is 165 Å². The molecule has 0 bridgehead atoms. The normalized spacial score (nSPS) is 16.0. The number of nitrogens with zero attached hydrogens (tertiary/aromatic N) is 1. The van der Waals surface area contributed by atoms with E-state index in [1.807, 2.05) is 43.3 Å². The van der Waals surface area contributed by atoms with Gasteiger partial charge in [-0.05, 0) is 36.8 Å². The van der Waals surface area contributed by atoms with Crippen molar-refractivity contribution < 1.29 is 14.4 Å².